The fourth-order valence-electron chi connectivity index (χ4n) is 5.15. The van der Waals surface area contributed by atoms with Crippen LogP contribution in [-0.4, -0.2) is 41.3 Å². The average molecular weight is 479 g/mol. The number of amides is 2. The summed E-state index contributed by atoms with van der Waals surface area (Å²) in [6, 6.07) is 15.4. The van der Waals surface area contributed by atoms with E-state index in [1.54, 1.807) is 6.92 Å². The third-order valence-corrected chi connectivity index (χ3v) is 7.52. The molecule has 2 aromatic rings. The second kappa shape index (κ2) is 10.1. The van der Waals surface area contributed by atoms with Gasteiger partial charge in [-0.1, -0.05) is 68.8 Å². The number of carbonyl (C=O) groups excluding carboxylic acids is 2. The van der Waals surface area contributed by atoms with Crippen molar-refractivity contribution >= 4 is 18.0 Å². The van der Waals surface area contributed by atoms with E-state index in [0.717, 1.165) is 35.1 Å². The molecule has 3 N–H and O–H groups in total. The Morgan fingerprint density at radius 2 is 1.63 bits per heavy atom. The van der Waals surface area contributed by atoms with E-state index in [0.29, 0.717) is 6.42 Å². The van der Waals surface area contributed by atoms with Gasteiger partial charge in [0.15, 0.2) is 0 Å². The van der Waals surface area contributed by atoms with Gasteiger partial charge in [-0.15, -0.1) is 0 Å². The van der Waals surface area contributed by atoms with E-state index < -0.39 is 23.6 Å². The first-order chi connectivity index (χ1) is 16.7. The molecule has 2 aliphatic rings. The standard InChI is InChI=1S/C28H34N2O5/c1-4-17(2)25(26(33)30-28(3,15-24(31)32)18-13-14-18)29-27(34)35-16-23-21-11-7-5-9-19(21)20-10-6-8-12-22(20)23/h5-12,17-18,23,25H,4,13-16H2,1-3H3,(H,29,34)(H,30,33)(H,31,32). The number of alkyl carbamates (subject to hydrolysis) is 1. The van der Waals surface area contributed by atoms with Gasteiger partial charge >= 0.3 is 12.1 Å². The Morgan fingerprint density at radius 1 is 1.06 bits per heavy atom. The molecule has 3 unspecified atom stereocenters. The van der Waals surface area contributed by atoms with Crippen molar-refractivity contribution in [1.29, 1.82) is 0 Å². The number of carboxylic acids is 1. The second-order valence-electron chi connectivity index (χ2n) is 10.1. The summed E-state index contributed by atoms with van der Waals surface area (Å²) in [6.45, 7) is 5.77. The maximum absolute atomic E-state index is 13.2. The number of nitrogens with one attached hydrogen (secondary N) is 2. The van der Waals surface area contributed by atoms with Crippen LogP contribution < -0.4 is 10.6 Å². The van der Waals surface area contributed by atoms with Crippen molar-refractivity contribution in [3.05, 3.63) is 59.7 Å². The molecule has 4 rings (SSSR count). The first kappa shape index (κ1) is 24.8. The minimum absolute atomic E-state index is 0.0715. The Balaban J connectivity index is 1.43. The Hall–Kier alpha value is -3.35. The van der Waals surface area contributed by atoms with E-state index >= 15 is 0 Å². The Labute approximate surface area is 206 Å². The van der Waals surface area contributed by atoms with Crippen LogP contribution in [0.15, 0.2) is 48.5 Å². The van der Waals surface area contributed by atoms with E-state index in [-0.39, 0.29) is 36.7 Å². The number of hydrogen-bond donors (Lipinski definition) is 3. The van der Waals surface area contributed by atoms with E-state index in [1.807, 2.05) is 38.1 Å². The highest BCUT2D eigenvalue weighted by Gasteiger charge is 2.45. The van der Waals surface area contributed by atoms with Gasteiger partial charge in [-0.2, -0.15) is 0 Å². The highest BCUT2D eigenvalue weighted by molar-refractivity contribution is 5.87. The Morgan fingerprint density at radius 3 is 2.14 bits per heavy atom. The van der Waals surface area contributed by atoms with Crippen LogP contribution in [0.25, 0.3) is 11.1 Å². The summed E-state index contributed by atoms with van der Waals surface area (Å²) in [5, 5.41) is 15.0. The number of rotatable bonds is 10. The number of benzene rings is 2. The molecular weight excluding hydrogens is 444 g/mol. The minimum Gasteiger partial charge on any atom is -0.481 e. The molecule has 0 spiro atoms. The van der Waals surface area contributed by atoms with Crippen LogP contribution in [0.2, 0.25) is 0 Å². The van der Waals surface area contributed by atoms with Crippen molar-refractivity contribution in [3.8, 4) is 11.1 Å². The van der Waals surface area contributed by atoms with Crippen LogP contribution in [-0.2, 0) is 14.3 Å². The summed E-state index contributed by atoms with van der Waals surface area (Å²) >= 11 is 0. The van der Waals surface area contributed by atoms with Gasteiger partial charge < -0.3 is 20.5 Å². The SMILES string of the molecule is CCC(C)C(NC(=O)OCC1c2ccccc2-c2ccccc21)C(=O)NC(C)(CC(=O)O)C1CC1. The molecule has 7 heteroatoms. The monoisotopic (exact) mass is 478 g/mol. The molecule has 7 nitrogen and oxygen atoms in total. The summed E-state index contributed by atoms with van der Waals surface area (Å²) in [7, 11) is 0. The predicted octanol–water partition coefficient (Wildman–Crippen LogP) is 4.70. The number of carboxylic acid groups (broad SMARTS) is 1. The van der Waals surface area contributed by atoms with Gasteiger partial charge in [-0.25, -0.2) is 4.79 Å². The van der Waals surface area contributed by atoms with Gasteiger partial charge in [-0.05, 0) is 53.9 Å². The third-order valence-electron chi connectivity index (χ3n) is 7.52. The zero-order valence-electron chi connectivity index (χ0n) is 20.5. The minimum atomic E-state index is -0.954. The molecular formula is C28H34N2O5. The van der Waals surface area contributed by atoms with Crippen molar-refractivity contribution in [3.63, 3.8) is 0 Å². The maximum atomic E-state index is 13.2. The van der Waals surface area contributed by atoms with Gasteiger partial charge in [0, 0.05) is 5.92 Å². The summed E-state index contributed by atoms with van der Waals surface area (Å²) in [4.78, 5) is 37.5. The average Bonchev–Trinajstić information content (AvgIpc) is 3.64. The zero-order valence-corrected chi connectivity index (χ0v) is 20.5. The van der Waals surface area contributed by atoms with Crippen LogP contribution in [0.5, 0.6) is 0 Å². The molecule has 0 aliphatic heterocycles. The predicted molar refractivity (Wildman–Crippen MR) is 133 cm³/mol. The highest BCUT2D eigenvalue weighted by Crippen LogP contribution is 2.44. The number of hydrogen-bond acceptors (Lipinski definition) is 4. The number of ether oxygens (including phenoxy) is 1. The molecule has 2 aliphatic carbocycles. The molecule has 186 valence electrons. The van der Waals surface area contributed by atoms with Crippen molar-refractivity contribution in [1.82, 2.24) is 10.6 Å². The summed E-state index contributed by atoms with van der Waals surface area (Å²) < 4.78 is 5.65. The first-order valence-electron chi connectivity index (χ1n) is 12.4. The van der Waals surface area contributed by atoms with Crippen molar-refractivity contribution in [2.45, 2.75) is 64.0 Å². The Bertz CT molecular complexity index is 1070. The van der Waals surface area contributed by atoms with Gasteiger partial charge in [0.05, 0.1) is 12.0 Å². The van der Waals surface area contributed by atoms with Crippen LogP contribution in [0.1, 0.15) is 63.5 Å². The van der Waals surface area contributed by atoms with E-state index in [4.69, 9.17) is 4.74 Å². The fourth-order valence-corrected chi connectivity index (χ4v) is 5.15. The first-order valence-corrected chi connectivity index (χ1v) is 12.4. The molecule has 0 radical (unpaired) electrons. The highest BCUT2D eigenvalue weighted by atomic mass is 16.5. The van der Waals surface area contributed by atoms with Gasteiger partial charge in [0.1, 0.15) is 12.6 Å². The lowest BCUT2D eigenvalue weighted by Gasteiger charge is -2.33. The summed E-state index contributed by atoms with van der Waals surface area (Å²) in [6.07, 6.45) is 1.64. The van der Waals surface area contributed by atoms with Gasteiger partial charge in [0.25, 0.3) is 0 Å². The van der Waals surface area contributed by atoms with E-state index in [9.17, 15) is 19.5 Å². The molecule has 2 amide bonds. The molecule has 0 bridgehead atoms. The largest absolute Gasteiger partial charge is 0.481 e. The second-order valence-corrected chi connectivity index (χ2v) is 10.1. The topological polar surface area (TPSA) is 105 Å². The molecule has 0 saturated heterocycles. The van der Waals surface area contributed by atoms with Crippen LogP contribution in [0.3, 0.4) is 0 Å². The molecule has 35 heavy (non-hydrogen) atoms. The van der Waals surface area contributed by atoms with Crippen LogP contribution in [0.4, 0.5) is 4.79 Å². The number of fused-ring (bicyclic) bond motifs is 3. The number of carbonyl (C=O) groups is 3. The lowest BCUT2D eigenvalue weighted by atomic mass is 9.90. The molecule has 3 atom stereocenters. The third kappa shape index (κ3) is 5.34. The van der Waals surface area contributed by atoms with Gasteiger partial charge in [0.2, 0.25) is 5.91 Å². The van der Waals surface area contributed by atoms with Crippen molar-refractivity contribution in [2.24, 2.45) is 11.8 Å². The molecule has 0 aromatic heterocycles. The summed E-state index contributed by atoms with van der Waals surface area (Å²) in [5.74, 6) is -1.41. The van der Waals surface area contributed by atoms with Crippen molar-refractivity contribution in [2.75, 3.05) is 6.61 Å². The lowest BCUT2D eigenvalue weighted by molar-refractivity contribution is -0.139. The zero-order chi connectivity index (χ0) is 25.2. The molecule has 0 heterocycles. The Kier molecular flexibility index (Phi) is 7.15. The number of aliphatic carboxylic acids is 1. The quantitative estimate of drug-likeness (QED) is 0.459. The van der Waals surface area contributed by atoms with Gasteiger partial charge in [-0.3, -0.25) is 9.59 Å². The summed E-state index contributed by atoms with van der Waals surface area (Å²) in [5.41, 5.74) is 3.69. The molecule has 2 aromatic carbocycles. The van der Waals surface area contributed by atoms with E-state index in [1.165, 1.54) is 0 Å². The normalized spacial score (nSPS) is 17.9. The van der Waals surface area contributed by atoms with Crippen LogP contribution in [0, 0.1) is 11.8 Å². The smallest absolute Gasteiger partial charge is 0.407 e. The van der Waals surface area contributed by atoms with Crippen molar-refractivity contribution < 1.29 is 24.2 Å². The van der Waals surface area contributed by atoms with E-state index in [2.05, 4.69) is 34.9 Å². The lowest BCUT2D eigenvalue weighted by Crippen LogP contribution is -2.58. The molecule has 1 fully saturated rings. The molecule has 1 saturated carbocycles. The maximum Gasteiger partial charge on any atom is 0.407 e. The van der Waals surface area contributed by atoms with Crippen LogP contribution >= 0.6 is 0 Å². The fraction of sp³-hybridized carbons (Fsp3) is 0.464.